The van der Waals surface area contributed by atoms with E-state index in [-0.39, 0.29) is 23.9 Å². The maximum Gasteiger partial charge on any atom is 0.260 e. The van der Waals surface area contributed by atoms with Crippen LogP contribution in [0.15, 0.2) is 58.0 Å². The minimum atomic E-state index is -0.0962. The third-order valence-electron chi connectivity index (χ3n) is 5.85. The molecule has 1 aromatic carbocycles. The van der Waals surface area contributed by atoms with E-state index in [1.165, 1.54) is 11.3 Å². The number of rotatable bonds is 6. The van der Waals surface area contributed by atoms with Crippen molar-refractivity contribution in [1.82, 2.24) is 19.8 Å². The first-order valence-corrected chi connectivity index (χ1v) is 12.7. The topological polar surface area (TPSA) is 78.5 Å². The van der Waals surface area contributed by atoms with E-state index in [1.54, 1.807) is 24.5 Å². The molecule has 1 aliphatic rings. The Morgan fingerprint density at radius 1 is 1.17 bits per heavy atom. The number of piperazine rings is 1. The summed E-state index contributed by atoms with van der Waals surface area (Å²) in [7, 11) is 1.62. The lowest BCUT2D eigenvalue weighted by atomic mass is 10.2. The monoisotopic (exact) mass is 528 g/mol. The number of halogens is 1. The second-order valence-corrected chi connectivity index (χ2v) is 9.84. The molecule has 0 aliphatic carbocycles. The van der Waals surface area contributed by atoms with Gasteiger partial charge in [0.25, 0.3) is 5.56 Å². The first kappa shape index (κ1) is 25.1. The van der Waals surface area contributed by atoms with Gasteiger partial charge in [-0.05, 0) is 35.2 Å². The summed E-state index contributed by atoms with van der Waals surface area (Å²) >= 11 is 3.12. The molecule has 1 saturated heterocycles. The van der Waals surface area contributed by atoms with Crippen LogP contribution in [-0.4, -0.2) is 59.0 Å². The van der Waals surface area contributed by atoms with Gasteiger partial charge >= 0.3 is 0 Å². The van der Waals surface area contributed by atoms with Crippen LogP contribution < -0.4 is 10.3 Å². The molecule has 1 amide bonds. The Balaban J connectivity index is 0.00000289. The Morgan fingerprint density at radius 3 is 2.74 bits per heavy atom. The number of amides is 1. The van der Waals surface area contributed by atoms with Gasteiger partial charge in [-0.1, -0.05) is 18.2 Å². The van der Waals surface area contributed by atoms with Crippen molar-refractivity contribution in [2.75, 3.05) is 33.3 Å². The minimum absolute atomic E-state index is 0. The van der Waals surface area contributed by atoms with Crippen molar-refractivity contribution in [2.45, 2.75) is 6.54 Å². The molecule has 10 heteroatoms. The highest BCUT2D eigenvalue weighted by atomic mass is 35.5. The molecule has 0 unspecified atom stereocenters. The molecule has 4 aromatic rings. The standard InChI is InChI=1S/C25H24N4O3S2.ClH/c1-32-18-5-2-4-17(14-18)7-8-22(30)29-11-9-28(10-12-29)15-21-26-24(31)23-19(16-34-25(23)27-21)20-6-3-13-33-20;/h2-8,13-14,16H,9-12,15H2,1H3,(H,26,27,31);1H/b8-7+;. The lowest BCUT2D eigenvalue weighted by Gasteiger charge is -2.33. The van der Waals surface area contributed by atoms with Gasteiger partial charge in [0.2, 0.25) is 5.91 Å². The van der Waals surface area contributed by atoms with E-state index < -0.39 is 0 Å². The highest BCUT2D eigenvalue weighted by molar-refractivity contribution is 7.18. The second-order valence-electron chi connectivity index (χ2n) is 8.03. The molecule has 1 fully saturated rings. The third kappa shape index (κ3) is 5.65. The van der Waals surface area contributed by atoms with Crippen LogP contribution in [0.25, 0.3) is 26.7 Å². The third-order valence-corrected chi connectivity index (χ3v) is 7.62. The summed E-state index contributed by atoms with van der Waals surface area (Å²) in [6.45, 7) is 3.28. The zero-order chi connectivity index (χ0) is 23.5. The van der Waals surface area contributed by atoms with Gasteiger partial charge in [0.05, 0.1) is 19.0 Å². The van der Waals surface area contributed by atoms with Gasteiger partial charge in [-0.25, -0.2) is 4.98 Å². The molecule has 0 atom stereocenters. The molecular formula is C25H25ClN4O3S2. The van der Waals surface area contributed by atoms with Crippen LogP contribution >= 0.6 is 35.1 Å². The van der Waals surface area contributed by atoms with Crippen molar-refractivity contribution in [3.8, 4) is 16.2 Å². The van der Waals surface area contributed by atoms with E-state index in [9.17, 15) is 9.59 Å². The van der Waals surface area contributed by atoms with E-state index in [2.05, 4.69) is 9.88 Å². The molecule has 182 valence electrons. The zero-order valence-corrected chi connectivity index (χ0v) is 21.5. The molecule has 5 rings (SSSR count). The van der Waals surface area contributed by atoms with Gasteiger partial charge in [0, 0.05) is 48.1 Å². The largest absolute Gasteiger partial charge is 0.497 e. The fourth-order valence-corrected chi connectivity index (χ4v) is 5.82. The highest BCUT2D eigenvalue weighted by Crippen LogP contribution is 2.33. The second kappa shape index (κ2) is 11.2. The molecule has 3 aromatic heterocycles. The van der Waals surface area contributed by atoms with Crippen LogP contribution in [0.4, 0.5) is 0 Å². The number of thiophene rings is 2. The number of ether oxygens (including phenoxy) is 1. The Hall–Kier alpha value is -2.98. The summed E-state index contributed by atoms with van der Waals surface area (Å²) in [4.78, 5) is 39.0. The summed E-state index contributed by atoms with van der Waals surface area (Å²) < 4.78 is 5.23. The molecule has 0 radical (unpaired) electrons. The van der Waals surface area contributed by atoms with E-state index in [4.69, 9.17) is 9.72 Å². The molecule has 1 aliphatic heterocycles. The average Bonchev–Trinajstić information content (AvgIpc) is 3.53. The Labute approximate surface area is 217 Å². The van der Waals surface area contributed by atoms with Crippen LogP contribution in [0.1, 0.15) is 11.4 Å². The molecule has 0 saturated carbocycles. The molecule has 4 heterocycles. The first-order valence-electron chi connectivity index (χ1n) is 11.0. The molecule has 35 heavy (non-hydrogen) atoms. The number of aromatic nitrogens is 2. The van der Waals surface area contributed by atoms with Gasteiger partial charge in [-0.15, -0.1) is 35.1 Å². The van der Waals surface area contributed by atoms with E-state index in [1.807, 2.05) is 58.1 Å². The minimum Gasteiger partial charge on any atom is -0.497 e. The van der Waals surface area contributed by atoms with E-state index in [0.717, 1.165) is 39.7 Å². The van der Waals surface area contributed by atoms with E-state index >= 15 is 0 Å². The van der Waals surface area contributed by atoms with Crippen molar-refractivity contribution >= 4 is 57.3 Å². The fourth-order valence-electron chi connectivity index (χ4n) is 4.04. The van der Waals surface area contributed by atoms with Crippen LogP contribution in [0.2, 0.25) is 0 Å². The number of hydrogen-bond acceptors (Lipinski definition) is 7. The van der Waals surface area contributed by atoms with Crippen LogP contribution in [-0.2, 0) is 11.3 Å². The number of methoxy groups -OCH3 is 1. The Bertz CT molecular complexity index is 1390. The van der Waals surface area contributed by atoms with Gasteiger partial charge in [-0.2, -0.15) is 0 Å². The number of H-pyrrole nitrogens is 1. The van der Waals surface area contributed by atoms with Crippen LogP contribution in [0.3, 0.4) is 0 Å². The number of hydrogen-bond donors (Lipinski definition) is 1. The number of nitrogens with one attached hydrogen (secondary N) is 1. The first-order chi connectivity index (χ1) is 16.6. The highest BCUT2D eigenvalue weighted by Gasteiger charge is 2.21. The number of nitrogens with zero attached hydrogens (tertiary/aromatic N) is 3. The summed E-state index contributed by atoms with van der Waals surface area (Å²) in [5, 5.41) is 4.68. The van der Waals surface area contributed by atoms with Crippen molar-refractivity contribution in [3.05, 3.63) is 75.0 Å². The summed E-state index contributed by atoms with van der Waals surface area (Å²) in [6.07, 6.45) is 3.42. The molecule has 7 nitrogen and oxygen atoms in total. The summed E-state index contributed by atoms with van der Waals surface area (Å²) in [5.74, 6) is 1.42. The van der Waals surface area contributed by atoms with Crippen LogP contribution in [0, 0.1) is 0 Å². The lowest BCUT2D eigenvalue weighted by molar-refractivity contribution is -0.127. The van der Waals surface area contributed by atoms with Gasteiger partial charge in [-0.3, -0.25) is 14.5 Å². The number of fused-ring (bicyclic) bond motifs is 1. The zero-order valence-electron chi connectivity index (χ0n) is 19.1. The van der Waals surface area contributed by atoms with Crippen molar-refractivity contribution in [2.24, 2.45) is 0 Å². The summed E-state index contributed by atoms with van der Waals surface area (Å²) in [5.41, 5.74) is 1.78. The smallest absolute Gasteiger partial charge is 0.260 e. The Kier molecular flexibility index (Phi) is 8.02. The molecular weight excluding hydrogens is 504 g/mol. The van der Waals surface area contributed by atoms with Gasteiger partial charge < -0.3 is 14.6 Å². The Morgan fingerprint density at radius 2 is 2.00 bits per heavy atom. The predicted molar refractivity (Wildman–Crippen MR) is 145 cm³/mol. The molecule has 0 bridgehead atoms. The number of benzene rings is 1. The quantitative estimate of drug-likeness (QED) is 0.373. The lowest BCUT2D eigenvalue weighted by Crippen LogP contribution is -2.48. The maximum atomic E-state index is 12.8. The van der Waals surface area contributed by atoms with Gasteiger partial charge in [0.15, 0.2) is 0 Å². The van der Waals surface area contributed by atoms with Crippen molar-refractivity contribution in [1.29, 1.82) is 0 Å². The summed E-state index contributed by atoms with van der Waals surface area (Å²) in [6, 6.07) is 11.6. The predicted octanol–water partition coefficient (Wildman–Crippen LogP) is 4.50. The van der Waals surface area contributed by atoms with Crippen LogP contribution in [0.5, 0.6) is 5.75 Å². The maximum absolute atomic E-state index is 12.8. The van der Waals surface area contributed by atoms with Crippen molar-refractivity contribution in [3.63, 3.8) is 0 Å². The SMILES string of the molecule is COc1cccc(/C=C/C(=O)N2CCN(Cc3nc4scc(-c5cccs5)c4c(=O)[nH]3)CC2)c1.Cl. The fraction of sp³-hybridized carbons (Fsp3) is 0.240. The number of carbonyl (C=O) groups is 1. The number of aromatic amines is 1. The number of carbonyl (C=O) groups excluding carboxylic acids is 1. The van der Waals surface area contributed by atoms with E-state index in [0.29, 0.717) is 30.8 Å². The molecule has 1 N–H and O–H groups in total. The van der Waals surface area contributed by atoms with Gasteiger partial charge in [0.1, 0.15) is 16.4 Å². The normalized spacial score (nSPS) is 14.4. The van der Waals surface area contributed by atoms with Crippen molar-refractivity contribution < 1.29 is 9.53 Å². The average molecular weight is 529 g/mol. The molecule has 0 spiro atoms.